The number of carbonyl (C=O) groups is 1. The third-order valence-corrected chi connectivity index (χ3v) is 6.37. The summed E-state index contributed by atoms with van der Waals surface area (Å²) in [5.74, 6) is -0.712. The molecule has 26 heavy (non-hydrogen) atoms. The SMILES string of the molecule is COc1ccc(S(=O)(=O)CC(=O)Nc2nc3c(C)cc(C)cc3s2)cc1. The first-order valence-corrected chi connectivity index (χ1v) is 10.3. The van der Waals surface area contributed by atoms with E-state index >= 15 is 0 Å². The van der Waals surface area contributed by atoms with Gasteiger partial charge in [0.15, 0.2) is 15.0 Å². The molecule has 136 valence electrons. The van der Waals surface area contributed by atoms with Crippen LogP contribution < -0.4 is 10.1 Å². The Kier molecular flexibility index (Phi) is 4.97. The molecule has 0 saturated heterocycles. The minimum Gasteiger partial charge on any atom is -0.497 e. The van der Waals surface area contributed by atoms with E-state index in [-0.39, 0.29) is 4.90 Å². The van der Waals surface area contributed by atoms with Gasteiger partial charge < -0.3 is 10.1 Å². The molecule has 0 unspecified atom stereocenters. The molecule has 0 aliphatic heterocycles. The van der Waals surface area contributed by atoms with Gasteiger partial charge in [0.2, 0.25) is 5.91 Å². The predicted octanol–water partition coefficient (Wildman–Crippen LogP) is 3.33. The number of aromatic nitrogens is 1. The van der Waals surface area contributed by atoms with Crippen LogP contribution in [0.15, 0.2) is 41.3 Å². The first-order valence-electron chi connectivity index (χ1n) is 7.83. The van der Waals surface area contributed by atoms with E-state index in [0.29, 0.717) is 10.9 Å². The minimum absolute atomic E-state index is 0.0734. The predicted molar refractivity (Wildman–Crippen MR) is 103 cm³/mol. The number of amides is 1. The molecular weight excluding hydrogens is 372 g/mol. The van der Waals surface area contributed by atoms with Gasteiger partial charge in [0.25, 0.3) is 0 Å². The number of nitrogens with zero attached hydrogens (tertiary/aromatic N) is 1. The summed E-state index contributed by atoms with van der Waals surface area (Å²) in [7, 11) is -2.24. The van der Waals surface area contributed by atoms with Gasteiger partial charge in [-0.3, -0.25) is 4.79 Å². The molecule has 0 aliphatic rings. The summed E-state index contributed by atoms with van der Waals surface area (Å²) in [6.45, 7) is 3.95. The molecule has 1 heterocycles. The number of hydrogen-bond donors (Lipinski definition) is 1. The molecular formula is C18H18N2O4S2. The van der Waals surface area contributed by atoms with Crippen molar-refractivity contribution >= 4 is 42.4 Å². The molecule has 0 aliphatic carbocycles. The Morgan fingerprint density at radius 3 is 2.54 bits per heavy atom. The molecule has 3 aromatic rings. The fraction of sp³-hybridized carbons (Fsp3) is 0.222. The molecule has 0 bridgehead atoms. The van der Waals surface area contributed by atoms with Crippen molar-refractivity contribution in [3.63, 3.8) is 0 Å². The van der Waals surface area contributed by atoms with Crippen LogP contribution in [-0.2, 0) is 14.6 Å². The van der Waals surface area contributed by atoms with Crippen LogP contribution in [0.25, 0.3) is 10.2 Å². The molecule has 1 amide bonds. The Bertz CT molecular complexity index is 1070. The molecule has 2 aromatic carbocycles. The standard InChI is InChI=1S/C18H18N2O4S2/c1-11-8-12(2)17-15(9-11)25-18(20-17)19-16(21)10-26(22,23)14-6-4-13(24-3)5-7-14/h4-9H,10H2,1-3H3,(H,19,20,21). The summed E-state index contributed by atoms with van der Waals surface area (Å²) in [5, 5.41) is 2.98. The maximum Gasteiger partial charge on any atom is 0.241 e. The van der Waals surface area contributed by atoms with Crippen LogP contribution in [0, 0.1) is 13.8 Å². The van der Waals surface area contributed by atoms with Gasteiger partial charge in [0, 0.05) is 0 Å². The highest BCUT2D eigenvalue weighted by Crippen LogP contribution is 2.29. The van der Waals surface area contributed by atoms with E-state index < -0.39 is 21.5 Å². The van der Waals surface area contributed by atoms with E-state index in [0.717, 1.165) is 21.3 Å². The number of methoxy groups -OCH3 is 1. The van der Waals surface area contributed by atoms with Crippen molar-refractivity contribution in [2.75, 3.05) is 18.2 Å². The van der Waals surface area contributed by atoms with E-state index in [9.17, 15) is 13.2 Å². The van der Waals surface area contributed by atoms with Crippen molar-refractivity contribution in [2.45, 2.75) is 18.7 Å². The van der Waals surface area contributed by atoms with E-state index in [2.05, 4.69) is 10.3 Å². The van der Waals surface area contributed by atoms with Crippen molar-refractivity contribution < 1.29 is 17.9 Å². The number of nitrogens with one attached hydrogen (secondary N) is 1. The number of rotatable bonds is 5. The lowest BCUT2D eigenvalue weighted by Crippen LogP contribution is -2.22. The molecule has 0 atom stereocenters. The highest BCUT2D eigenvalue weighted by molar-refractivity contribution is 7.92. The smallest absolute Gasteiger partial charge is 0.241 e. The summed E-state index contributed by atoms with van der Waals surface area (Å²) in [4.78, 5) is 16.7. The Hall–Kier alpha value is -2.45. The lowest BCUT2D eigenvalue weighted by Gasteiger charge is -2.05. The van der Waals surface area contributed by atoms with E-state index in [1.54, 1.807) is 12.1 Å². The number of fused-ring (bicyclic) bond motifs is 1. The van der Waals surface area contributed by atoms with Crippen molar-refractivity contribution in [3.05, 3.63) is 47.5 Å². The molecule has 8 heteroatoms. The first kappa shape index (κ1) is 18.3. The minimum atomic E-state index is -3.74. The number of anilines is 1. The summed E-state index contributed by atoms with van der Waals surface area (Å²) >= 11 is 1.33. The quantitative estimate of drug-likeness (QED) is 0.722. The molecule has 6 nitrogen and oxygen atoms in total. The number of thiazole rings is 1. The lowest BCUT2D eigenvalue weighted by molar-refractivity contribution is -0.113. The zero-order valence-corrected chi connectivity index (χ0v) is 16.2. The summed E-state index contributed by atoms with van der Waals surface area (Å²) < 4.78 is 30.7. The summed E-state index contributed by atoms with van der Waals surface area (Å²) in [5.41, 5.74) is 2.94. The van der Waals surface area contributed by atoms with Gasteiger partial charge in [-0.2, -0.15) is 0 Å². The van der Waals surface area contributed by atoms with E-state index in [4.69, 9.17) is 4.74 Å². The van der Waals surface area contributed by atoms with Crippen molar-refractivity contribution in [2.24, 2.45) is 0 Å². The molecule has 3 rings (SSSR count). The highest BCUT2D eigenvalue weighted by Gasteiger charge is 2.20. The first-order chi connectivity index (χ1) is 12.3. The Morgan fingerprint density at radius 2 is 1.88 bits per heavy atom. The van der Waals surface area contributed by atoms with Crippen LogP contribution in [0.5, 0.6) is 5.75 Å². The molecule has 0 radical (unpaired) electrons. The van der Waals surface area contributed by atoms with Gasteiger partial charge in [-0.25, -0.2) is 13.4 Å². The fourth-order valence-electron chi connectivity index (χ4n) is 2.62. The number of aryl methyl sites for hydroxylation is 2. The van der Waals surface area contributed by atoms with Crippen molar-refractivity contribution in [1.82, 2.24) is 4.98 Å². The number of sulfone groups is 1. The van der Waals surface area contributed by atoms with Crippen LogP contribution in [0.2, 0.25) is 0 Å². The second-order valence-corrected chi connectivity index (χ2v) is 8.95. The number of carbonyl (C=O) groups excluding carboxylic acids is 1. The van der Waals surface area contributed by atoms with Gasteiger partial charge in [0.05, 0.1) is 22.2 Å². The van der Waals surface area contributed by atoms with Crippen LogP contribution >= 0.6 is 11.3 Å². The highest BCUT2D eigenvalue weighted by atomic mass is 32.2. The molecule has 0 spiro atoms. The fourth-order valence-corrected chi connectivity index (χ4v) is 4.81. The Labute approximate surface area is 155 Å². The monoisotopic (exact) mass is 390 g/mol. The van der Waals surface area contributed by atoms with Crippen LogP contribution in [0.1, 0.15) is 11.1 Å². The van der Waals surface area contributed by atoms with Crippen LogP contribution in [0.3, 0.4) is 0 Å². The van der Waals surface area contributed by atoms with Gasteiger partial charge in [-0.1, -0.05) is 17.4 Å². The Morgan fingerprint density at radius 1 is 1.19 bits per heavy atom. The second kappa shape index (κ2) is 7.05. The maximum atomic E-state index is 12.4. The van der Waals surface area contributed by atoms with Crippen molar-refractivity contribution in [1.29, 1.82) is 0 Å². The molecule has 1 N–H and O–H groups in total. The Balaban J connectivity index is 1.76. The average molecular weight is 390 g/mol. The van der Waals surface area contributed by atoms with Gasteiger partial charge in [-0.05, 0) is 55.3 Å². The second-order valence-electron chi connectivity index (χ2n) is 5.93. The zero-order chi connectivity index (χ0) is 18.9. The average Bonchev–Trinajstić information content (AvgIpc) is 2.96. The molecule has 0 saturated carbocycles. The molecule has 1 aromatic heterocycles. The van der Waals surface area contributed by atoms with Crippen LogP contribution in [0.4, 0.5) is 5.13 Å². The third kappa shape index (κ3) is 3.86. The number of benzene rings is 2. The lowest BCUT2D eigenvalue weighted by atomic mass is 10.1. The van der Waals surface area contributed by atoms with Gasteiger partial charge >= 0.3 is 0 Å². The van der Waals surface area contributed by atoms with E-state index in [1.807, 2.05) is 26.0 Å². The normalized spacial score (nSPS) is 11.5. The van der Waals surface area contributed by atoms with E-state index in [1.165, 1.54) is 30.6 Å². The van der Waals surface area contributed by atoms with Crippen LogP contribution in [-0.4, -0.2) is 32.2 Å². The molecule has 0 fully saturated rings. The largest absolute Gasteiger partial charge is 0.497 e. The van der Waals surface area contributed by atoms with Gasteiger partial charge in [-0.15, -0.1) is 0 Å². The summed E-state index contributed by atoms with van der Waals surface area (Å²) in [6.07, 6.45) is 0. The van der Waals surface area contributed by atoms with Gasteiger partial charge in [0.1, 0.15) is 11.5 Å². The van der Waals surface area contributed by atoms with Crippen molar-refractivity contribution in [3.8, 4) is 5.75 Å². The summed E-state index contributed by atoms with van der Waals surface area (Å²) in [6, 6.07) is 9.94. The number of hydrogen-bond acceptors (Lipinski definition) is 6. The maximum absolute atomic E-state index is 12.4. The zero-order valence-electron chi connectivity index (χ0n) is 14.6. The third-order valence-electron chi connectivity index (χ3n) is 3.82. The topological polar surface area (TPSA) is 85.4 Å². The number of ether oxygens (including phenoxy) is 1.